The van der Waals surface area contributed by atoms with Gasteiger partial charge in [0, 0.05) is 39.5 Å². The molecule has 6 heteroatoms. The molecule has 24 heavy (non-hydrogen) atoms. The van der Waals surface area contributed by atoms with Gasteiger partial charge in [0.05, 0.1) is 15.2 Å². The van der Waals surface area contributed by atoms with Gasteiger partial charge in [0.1, 0.15) is 0 Å². The number of hydrogen-bond donors (Lipinski definition) is 0. The summed E-state index contributed by atoms with van der Waals surface area (Å²) in [6.07, 6.45) is 3.09. The monoisotopic (exact) mass is 345 g/mol. The lowest BCUT2D eigenvalue weighted by atomic mass is 10.2. The smallest absolute Gasteiger partial charge is 0.222 e. The summed E-state index contributed by atoms with van der Waals surface area (Å²) in [4.78, 5) is 32.2. The van der Waals surface area contributed by atoms with E-state index in [1.165, 1.54) is 4.70 Å². The van der Waals surface area contributed by atoms with E-state index in [1.807, 2.05) is 28.0 Å². The van der Waals surface area contributed by atoms with Crippen LogP contribution in [0.1, 0.15) is 31.2 Å². The van der Waals surface area contributed by atoms with Crippen molar-refractivity contribution >= 4 is 33.4 Å². The average molecular weight is 345 g/mol. The number of aryl methyl sites for hydroxylation is 1. The number of fused-ring (bicyclic) bond motifs is 1. The maximum atomic E-state index is 12.4. The SMILES string of the molecule is CC(=O)N1CCCN(C(=O)CCCc2nc3ccccc3s2)CC1. The van der Waals surface area contributed by atoms with Crippen LogP contribution in [-0.4, -0.2) is 52.8 Å². The van der Waals surface area contributed by atoms with Crippen molar-refractivity contribution in [3.8, 4) is 0 Å². The number of amides is 2. The predicted octanol–water partition coefficient (Wildman–Crippen LogP) is 2.70. The van der Waals surface area contributed by atoms with E-state index in [-0.39, 0.29) is 11.8 Å². The highest BCUT2D eigenvalue weighted by Gasteiger charge is 2.20. The second-order valence-corrected chi connectivity index (χ2v) is 7.28. The zero-order valence-electron chi connectivity index (χ0n) is 14.0. The summed E-state index contributed by atoms with van der Waals surface area (Å²) in [6.45, 7) is 4.41. The molecule has 1 aliphatic rings. The number of rotatable bonds is 4. The number of hydrogen-bond acceptors (Lipinski definition) is 4. The zero-order chi connectivity index (χ0) is 16.9. The molecule has 0 atom stereocenters. The van der Waals surface area contributed by atoms with Crippen LogP contribution >= 0.6 is 11.3 Å². The topological polar surface area (TPSA) is 53.5 Å². The number of carbonyl (C=O) groups excluding carboxylic acids is 2. The molecule has 1 fully saturated rings. The quantitative estimate of drug-likeness (QED) is 0.856. The first kappa shape index (κ1) is 16.9. The van der Waals surface area contributed by atoms with Gasteiger partial charge in [-0.3, -0.25) is 9.59 Å². The van der Waals surface area contributed by atoms with Crippen LogP contribution in [0, 0.1) is 0 Å². The molecule has 128 valence electrons. The van der Waals surface area contributed by atoms with Crippen molar-refractivity contribution < 1.29 is 9.59 Å². The lowest BCUT2D eigenvalue weighted by molar-refractivity contribution is -0.132. The van der Waals surface area contributed by atoms with E-state index < -0.39 is 0 Å². The third-order valence-corrected chi connectivity index (χ3v) is 5.51. The molecule has 0 saturated carbocycles. The number of benzene rings is 1. The van der Waals surface area contributed by atoms with Crippen LogP contribution in [0.25, 0.3) is 10.2 Å². The van der Waals surface area contributed by atoms with Crippen molar-refractivity contribution in [2.45, 2.75) is 32.6 Å². The van der Waals surface area contributed by atoms with E-state index in [0.717, 1.165) is 42.9 Å². The third-order valence-electron chi connectivity index (χ3n) is 4.41. The van der Waals surface area contributed by atoms with E-state index in [9.17, 15) is 9.59 Å². The summed E-state index contributed by atoms with van der Waals surface area (Å²) in [7, 11) is 0. The Morgan fingerprint density at radius 2 is 1.88 bits per heavy atom. The van der Waals surface area contributed by atoms with Gasteiger partial charge in [-0.2, -0.15) is 0 Å². The fourth-order valence-corrected chi connectivity index (χ4v) is 4.07. The Balaban J connectivity index is 1.47. The highest BCUT2D eigenvalue weighted by atomic mass is 32.1. The summed E-state index contributed by atoms with van der Waals surface area (Å²) in [6, 6.07) is 8.13. The van der Waals surface area contributed by atoms with Gasteiger partial charge in [0.2, 0.25) is 11.8 Å². The molecule has 5 nitrogen and oxygen atoms in total. The minimum Gasteiger partial charge on any atom is -0.341 e. The molecule has 0 spiro atoms. The second kappa shape index (κ2) is 7.75. The minimum atomic E-state index is 0.0973. The minimum absolute atomic E-state index is 0.0973. The Hall–Kier alpha value is -1.95. The molecule has 0 bridgehead atoms. The van der Waals surface area contributed by atoms with Crippen molar-refractivity contribution in [1.82, 2.24) is 14.8 Å². The Labute approximate surface area is 146 Å². The number of nitrogens with zero attached hydrogens (tertiary/aromatic N) is 3. The molecule has 2 aromatic rings. The summed E-state index contributed by atoms with van der Waals surface area (Å²) in [5.74, 6) is 0.293. The van der Waals surface area contributed by atoms with Crippen molar-refractivity contribution in [2.75, 3.05) is 26.2 Å². The first-order valence-corrected chi connectivity index (χ1v) is 9.33. The summed E-state index contributed by atoms with van der Waals surface area (Å²) in [5, 5.41) is 1.10. The first-order chi connectivity index (χ1) is 11.6. The molecule has 3 rings (SSSR count). The number of carbonyl (C=O) groups is 2. The fraction of sp³-hybridized carbons (Fsp3) is 0.500. The maximum Gasteiger partial charge on any atom is 0.222 e. The van der Waals surface area contributed by atoms with Crippen molar-refractivity contribution in [1.29, 1.82) is 0 Å². The van der Waals surface area contributed by atoms with Crippen molar-refractivity contribution in [2.24, 2.45) is 0 Å². The summed E-state index contributed by atoms with van der Waals surface area (Å²) < 4.78 is 1.20. The molecule has 1 saturated heterocycles. The van der Waals surface area contributed by atoms with E-state index in [4.69, 9.17) is 0 Å². The number of aromatic nitrogens is 1. The lowest BCUT2D eigenvalue weighted by Crippen LogP contribution is -2.36. The normalized spacial score (nSPS) is 15.5. The van der Waals surface area contributed by atoms with Gasteiger partial charge in [-0.15, -0.1) is 11.3 Å². The Kier molecular flexibility index (Phi) is 5.45. The van der Waals surface area contributed by atoms with Crippen LogP contribution < -0.4 is 0 Å². The zero-order valence-corrected chi connectivity index (χ0v) is 14.8. The van der Waals surface area contributed by atoms with Crippen LogP contribution in [0.2, 0.25) is 0 Å². The standard InChI is InChI=1S/C18H23N3O2S/c1-14(22)20-10-5-11-21(13-12-20)18(23)9-4-8-17-19-15-6-2-3-7-16(15)24-17/h2-3,6-7H,4-5,8-13H2,1H3. The van der Waals surface area contributed by atoms with Gasteiger partial charge in [0.25, 0.3) is 0 Å². The highest BCUT2D eigenvalue weighted by Crippen LogP contribution is 2.22. The average Bonchev–Trinajstić information content (AvgIpc) is 2.81. The number of thiazole rings is 1. The molecule has 0 N–H and O–H groups in total. The highest BCUT2D eigenvalue weighted by molar-refractivity contribution is 7.18. The lowest BCUT2D eigenvalue weighted by Gasteiger charge is -2.21. The first-order valence-electron chi connectivity index (χ1n) is 8.51. The summed E-state index contributed by atoms with van der Waals surface area (Å²) in [5.41, 5.74) is 1.04. The van der Waals surface area contributed by atoms with E-state index in [2.05, 4.69) is 11.1 Å². The molecule has 1 aromatic heterocycles. The van der Waals surface area contributed by atoms with E-state index in [0.29, 0.717) is 19.5 Å². The maximum absolute atomic E-state index is 12.4. The molecular weight excluding hydrogens is 322 g/mol. The van der Waals surface area contributed by atoms with Crippen LogP contribution in [0.15, 0.2) is 24.3 Å². The predicted molar refractivity (Wildman–Crippen MR) is 96.0 cm³/mol. The Bertz CT molecular complexity index is 695. The molecule has 0 radical (unpaired) electrons. The van der Waals surface area contributed by atoms with Gasteiger partial charge in [0.15, 0.2) is 0 Å². The largest absolute Gasteiger partial charge is 0.341 e. The molecular formula is C18H23N3O2S. The van der Waals surface area contributed by atoms with Crippen LogP contribution in [0.5, 0.6) is 0 Å². The van der Waals surface area contributed by atoms with Gasteiger partial charge >= 0.3 is 0 Å². The molecule has 1 aromatic carbocycles. The van der Waals surface area contributed by atoms with Gasteiger partial charge in [-0.25, -0.2) is 4.98 Å². The van der Waals surface area contributed by atoms with Gasteiger partial charge in [-0.05, 0) is 31.4 Å². The second-order valence-electron chi connectivity index (χ2n) is 6.17. The van der Waals surface area contributed by atoms with E-state index >= 15 is 0 Å². The Morgan fingerprint density at radius 1 is 1.12 bits per heavy atom. The summed E-state index contributed by atoms with van der Waals surface area (Å²) >= 11 is 1.71. The molecule has 2 amide bonds. The van der Waals surface area contributed by atoms with Crippen LogP contribution in [-0.2, 0) is 16.0 Å². The molecule has 0 unspecified atom stereocenters. The van der Waals surface area contributed by atoms with Gasteiger partial charge < -0.3 is 9.80 Å². The van der Waals surface area contributed by atoms with Crippen molar-refractivity contribution in [3.63, 3.8) is 0 Å². The number of para-hydroxylation sites is 1. The van der Waals surface area contributed by atoms with Crippen molar-refractivity contribution in [3.05, 3.63) is 29.3 Å². The third kappa shape index (κ3) is 4.12. The van der Waals surface area contributed by atoms with Crippen LogP contribution in [0.4, 0.5) is 0 Å². The van der Waals surface area contributed by atoms with E-state index in [1.54, 1.807) is 18.3 Å². The Morgan fingerprint density at radius 3 is 2.67 bits per heavy atom. The molecule has 1 aliphatic heterocycles. The van der Waals surface area contributed by atoms with Crippen LogP contribution in [0.3, 0.4) is 0 Å². The fourth-order valence-electron chi connectivity index (χ4n) is 3.06. The van der Waals surface area contributed by atoms with Gasteiger partial charge in [-0.1, -0.05) is 12.1 Å². The molecule has 2 heterocycles. The molecule has 0 aliphatic carbocycles.